The minimum atomic E-state index is -1.41. The molecule has 3 rings (SSSR count). The fourth-order valence-electron chi connectivity index (χ4n) is 2.64. The van der Waals surface area contributed by atoms with E-state index in [0.717, 1.165) is 5.56 Å². The molecule has 3 aromatic rings. The van der Waals surface area contributed by atoms with E-state index in [1.807, 2.05) is 12.1 Å². The Morgan fingerprint density at radius 2 is 1.00 bits per heavy atom. The maximum Gasteiger partial charge on any atom is 0.132 e. The molecular formula is C20H16Si. The van der Waals surface area contributed by atoms with Crippen LogP contribution in [0.4, 0.5) is 0 Å². The van der Waals surface area contributed by atoms with Crippen molar-refractivity contribution in [1.82, 2.24) is 0 Å². The third kappa shape index (κ3) is 2.96. The molecule has 0 aromatic heterocycles. The van der Waals surface area contributed by atoms with Crippen LogP contribution in [0.25, 0.3) is 0 Å². The van der Waals surface area contributed by atoms with Gasteiger partial charge in [-0.2, -0.15) is 0 Å². The predicted octanol–water partition coefficient (Wildman–Crippen LogP) is 1.92. The van der Waals surface area contributed by atoms with E-state index >= 15 is 0 Å². The molecule has 100 valence electrons. The average Bonchev–Trinajstić information content (AvgIpc) is 2.58. The van der Waals surface area contributed by atoms with Crippen molar-refractivity contribution in [1.29, 1.82) is 0 Å². The van der Waals surface area contributed by atoms with E-state index in [1.165, 1.54) is 15.6 Å². The molecule has 21 heavy (non-hydrogen) atoms. The van der Waals surface area contributed by atoms with Crippen molar-refractivity contribution in [3.8, 4) is 12.3 Å². The van der Waals surface area contributed by atoms with Crippen LogP contribution in [0.3, 0.4) is 0 Å². The molecule has 0 fully saturated rings. The van der Waals surface area contributed by atoms with Gasteiger partial charge in [-0.3, -0.25) is 0 Å². The van der Waals surface area contributed by atoms with Gasteiger partial charge in [-0.15, -0.1) is 6.42 Å². The molecule has 0 unspecified atom stereocenters. The standard InChI is InChI=1S/C20H16Si/c1-2-17-13-15-20(16-14-17)21(18-9-5-3-6-10-18)19-11-7-4-8-12-19/h1,3-16,21H. The van der Waals surface area contributed by atoms with E-state index < -0.39 is 8.80 Å². The van der Waals surface area contributed by atoms with Crippen LogP contribution >= 0.6 is 0 Å². The molecule has 0 aliphatic carbocycles. The summed E-state index contributed by atoms with van der Waals surface area (Å²) in [4.78, 5) is 0. The molecule has 0 aliphatic heterocycles. The summed E-state index contributed by atoms with van der Waals surface area (Å²) in [5.41, 5.74) is 0.938. The van der Waals surface area contributed by atoms with Crippen molar-refractivity contribution in [2.45, 2.75) is 0 Å². The summed E-state index contributed by atoms with van der Waals surface area (Å²) in [6.45, 7) is 0. The lowest BCUT2D eigenvalue weighted by Gasteiger charge is -2.17. The Morgan fingerprint density at radius 1 is 0.571 bits per heavy atom. The second kappa shape index (κ2) is 6.26. The number of benzene rings is 3. The molecular weight excluding hydrogens is 268 g/mol. The monoisotopic (exact) mass is 284 g/mol. The maximum atomic E-state index is 5.46. The zero-order chi connectivity index (χ0) is 14.5. The molecule has 0 bridgehead atoms. The third-order valence-corrected chi connectivity index (χ3v) is 6.83. The molecule has 0 N–H and O–H groups in total. The smallest absolute Gasteiger partial charge is 0.115 e. The predicted molar refractivity (Wildman–Crippen MR) is 93.3 cm³/mol. The Kier molecular flexibility index (Phi) is 4.00. The Bertz CT molecular complexity index is 698. The molecule has 0 heterocycles. The van der Waals surface area contributed by atoms with Crippen molar-refractivity contribution < 1.29 is 0 Å². The first-order chi connectivity index (χ1) is 10.4. The fraction of sp³-hybridized carbons (Fsp3) is 0. The van der Waals surface area contributed by atoms with Gasteiger partial charge in [0.25, 0.3) is 0 Å². The van der Waals surface area contributed by atoms with Crippen molar-refractivity contribution in [3.05, 3.63) is 90.5 Å². The Morgan fingerprint density at radius 3 is 1.43 bits per heavy atom. The van der Waals surface area contributed by atoms with Gasteiger partial charge in [0.1, 0.15) is 8.80 Å². The fourth-order valence-corrected chi connectivity index (χ4v) is 5.59. The van der Waals surface area contributed by atoms with E-state index in [2.05, 4.69) is 78.7 Å². The van der Waals surface area contributed by atoms with Gasteiger partial charge >= 0.3 is 0 Å². The highest BCUT2D eigenvalue weighted by atomic mass is 28.3. The molecule has 3 aromatic carbocycles. The van der Waals surface area contributed by atoms with Gasteiger partial charge in [0.2, 0.25) is 0 Å². The van der Waals surface area contributed by atoms with E-state index in [1.54, 1.807) is 0 Å². The first-order valence-corrected chi connectivity index (χ1v) is 8.78. The topological polar surface area (TPSA) is 0 Å². The summed E-state index contributed by atoms with van der Waals surface area (Å²) in [5.74, 6) is 2.69. The lowest BCUT2D eigenvalue weighted by atomic mass is 10.2. The average molecular weight is 284 g/mol. The number of hydrogen-bond donors (Lipinski definition) is 0. The zero-order valence-electron chi connectivity index (χ0n) is 11.7. The van der Waals surface area contributed by atoms with Gasteiger partial charge < -0.3 is 0 Å². The minimum absolute atomic E-state index is 0.938. The van der Waals surface area contributed by atoms with Gasteiger partial charge in [-0.05, 0) is 12.1 Å². The summed E-state index contributed by atoms with van der Waals surface area (Å²) >= 11 is 0. The first kappa shape index (κ1) is 13.4. The Balaban J connectivity index is 2.10. The van der Waals surface area contributed by atoms with Crippen LogP contribution in [0.5, 0.6) is 0 Å². The SMILES string of the molecule is C#Cc1ccc([SiH](c2ccccc2)c2ccccc2)cc1. The molecule has 1 heteroatoms. The van der Waals surface area contributed by atoms with Crippen LogP contribution in [0.2, 0.25) is 0 Å². The number of hydrogen-bond acceptors (Lipinski definition) is 0. The minimum Gasteiger partial charge on any atom is -0.115 e. The molecule has 0 radical (unpaired) electrons. The van der Waals surface area contributed by atoms with Crippen LogP contribution < -0.4 is 15.6 Å². The lowest BCUT2D eigenvalue weighted by molar-refractivity contribution is 1.67. The Labute approximate surface area is 127 Å². The maximum absolute atomic E-state index is 5.46. The summed E-state index contributed by atoms with van der Waals surface area (Å²) in [6, 6.07) is 30.0. The zero-order valence-corrected chi connectivity index (χ0v) is 12.9. The van der Waals surface area contributed by atoms with Gasteiger partial charge in [-0.25, -0.2) is 0 Å². The highest BCUT2D eigenvalue weighted by molar-refractivity contribution is 6.95. The van der Waals surface area contributed by atoms with Crippen LogP contribution in [0.1, 0.15) is 5.56 Å². The highest BCUT2D eigenvalue weighted by Gasteiger charge is 2.17. The van der Waals surface area contributed by atoms with Gasteiger partial charge in [-0.1, -0.05) is 94.3 Å². The summed E-state index contributed by atoms with van der Waals surface area (Å²) in [6.07, 6.45) is 5.46. The first-order valence-electron chi connectivity index (χ1n) is 7.05. The van der Waals surface area contributed by atoms with Crippen molar-refractivity contribution in [2.24, 2.45) is 0 Å². The van der Waals surface area contributed by atoms with Crippen LogP contribution in [-0.4, -0.2) is 8.80 Å². The largest absolute Gasteiger partial charge is 0.132 e. The highest BCUT2D eigenvalue weighted by Crippen LogP contribution is 1.98. The normalized spacial score (nSPS) is 10.3. The number of terminal acetylenes is 1. The van der Waals surface area contributed by atoms with E-state index in [0.29, 0.717) is 0 Å². The molecule has 0 aliphatic rings. The van der Waals surface area contributed by atoms with Gasteiger partial charge in [0.15, 0.2) is 0 Å². The van der Waals surface area contributed by atoms with Gasteiger partial charge in [0, 0.05) is 5.56 Å². The molecule has 0 atom stereocenters. The second-order valence-electron chi connectivity index (χ2n) is 5.02. The molecule has 0 amide bonds. The number of rotatable bonds is 3. The Hall–Kier alpha value is -2.56. The summed E-state index contributed by atoms with van der Waals surface area (Å²) < 4.78 is 0. The van der Waals surface area contributed by atoms with Crippen molar-refractivity contribution >= 4 is 24.4 Å². The molecule has 0 spiro atoms. The summed E-state index contributed by atoms with van der Waals surface area (Å²) in [7, 11) is -1.41. The molecule has 0 saturated carbocycles. The van der Waals surface area contributed by atoms with Crippen LogP contribution in [-0.2, 0) is 0 Å². The second-order valence-corrected chi connectivity index (χ2v) is 7.89. The molecule has 0 nitrogen and oxygen atoms in total. The van der Waals surface area contributed by atoms with E-state index in [4.69, 9.17) is 6.42 Å². The van der Waals surface area contributed by atoms with E-state index in [-0.39, 0.29) is 0 Å². The van der Waals surface area contributed by atoms with Crippen molar-refractivity contribution in [3.63, 3.8) is 0 Å². The quantitative estimate of drug-likeness (QED) is 0.392. The third-order valence-electron chi connectivity index (χ3n) is 3.68. The van der Waals surface area contributed by atoms with Crippen LogP contribution in [0.15, 0.2) is 84.9 Å². The summed E-state index contributed by atoms with van der Waals surface area (Å²) in [5, 5.41) is 4.25. The molecule has 0 saturated heterocycles. The van der Waals surface area contributed by atoms with Crippen LogP contribution in [0, 0.1) is 12.3 Å². The van der Waals surface area contributed by atoms with Crippen molar-refractivity contribution in [2.75, 3.05) is 0 Å². The van der Waals surface area contributed by atoms with E-state index in [9.17, 15) is 0 Å². The lowest BCUT2D eigenvalue weighted by Crippen LogP contribution is -2.51. The van der Waals surface area contributed by atoms with Gasteiger partial charge in [0.05, 0.1) is 0 Å².